The van der Waals surface area contributed by atoms with Gasteiger partial charge in [-0.2, -0.15) is 0 Å². The molecule has 0 aromatic heterocycles. The summed E-state index contributed by atoms with van der Waals surface area (Å²) in [7, 11) is 0. The first-order valence-electron chi connectivity index (χ1n) is 5.26. The molecule has 2 unspecified atom stereocenters. The average molecular weight is 303 g/mol. The Hall–Kier alpha value is 1.73. The molecule has 3 heteroatoms. The molecule has 94 valence electrons. The smallest absolute Gasteiger partial charge is 0.852 e. The summed E-state index contributed by atoms with van der Waals surface area (Å²) in [6, 6.07) is 0. The van der Waals surface area contributed by atoms with Crippen LogP contribution >= 0.6 is 0 Å². The second-order valence-electron chi connectivity index (χ2n) is 4.82. The van der Waals surface area contributed by atoms with Crippen LogP contribution in [0.25, 0.3) is 0 Å². The van der Waals surface area contributed by atoms with Crippen molar-refractivity contribution in [3.05, 3.63) is 0 Å². The van der Waals surface area contributed by atoms with Crippen LogP contribution in [0, 0.1) is 0 Å². The molecular formula is C13H29O2Rb. The Morgan fingerprint density at radius 2 is 1.25 bits per heavy atom. The summed E-state index contributed by atoms with van der Waals surface area (Å²) in [6.45, 7) is 7.71. The van der Waals surface area contributed by atoms with Crippen LogP contribution in [0.4, 0.5) is 0 Å². The fourth-order valence-electron chi connectivity index (χ4n) is 2.03. The van der Waals surface area contributed by atoms with E-state index >= 15 is 0 Å². The fourth-order valence-corrected chi connectivity index (χ4v) is 2.03. The summed E-state index contributed by atoms with van der Waals surface area (Å²) >= 11 is 0. The Morgan fingerprint density at radius 1 is 1.00 bits per heavy atom. The van der Waals surface area contributed by atoms with E-state index in [0.717, 1.165) is 0 Å². The van der Waals surface area contributed by atoms with Crippen molar-refractivity contribution in [3.8, 4) is 0 Å². The molecule has 0 aromatic carbocycles. The third-order valence-electron chi connectivity index (χ3n) is 3.09. The van der Waals surface area contributed by atoms with E-state index < -0.39 is 6.10 Å². The number of hydrogen-bond acceptors (Lipinski definition) is 2. The second kappa shape index (κ2) is 8.76. The molecule has 2 fully saturated rings. The molecule has 0 bridgehead atoms. The first-order chi connectivity index (χ1) is 5.90. The predicted molar refractivity (Wildman–Crippen MR) is 65.0 cm³/mol. The van der Waals surface area contributed by atoms with Gasteiger partial charge in [0.15, 0.2) is 0 Å². The Kier molecular flexibility index (Phi) is 12.5. The van der Waals surface area contributed by atoms with Gasteiger partial charge in [-0.25, -0.2) is 0 Å². The molecule has 2 atom stereocenters. The van der Waals surface area contributed by atoms with Crippen molar-refractivity contribution >= 4 is 0 Å². The van der Waals surface area contributed by atoms with E-state index in [1.54, 1.807) is 13.8 Å². The van der Waals surface area contributed by atoms with Gasteiger partial charge in [0, 0.05) is 0 Å². The minimum atomic E-state index is -0.417. The van der Waals surface area contributed by atoms with E-state index in [2.05, 4.69) is 13.8 Å². The maximum absolute atomic E-state index is 9.53. The normalized spacial score (nSPS) is 34.1. The molecule has 0 amide bonds. The predicted octanol–water partition coefficient (Wildman–Crippen LogP) is 0.139. The van der Waals surface area contributed by atoms with E-state index in [-0.39, 0.29) is 84.2 Å². The van der Waals surface area contributed by atoms with Gasteiger partial charge >= 0.3 is 58.2 Å². The van der Waals surface area contributed by atoms with E-state index in [0.29, 0.717) is 0 Å². The molecule has 1 aliphatic carbocycles. The van der Waals surface area contributed by atoms with Gasteiger partial charge in [0.1, 0.15) is 0 Å². The summed E-state index contributed by atoms with van der Waals surface area (Å²) < 4.78 is 5.65. The van der Waals surface area contributed by atoms with Gasteiger partial charge < -0.3 is 9.84 Å². The molecule has 2 rings (SSSR count). The molecule has 0 radical (unpaired) electrons. The molecule has 2 nitrogen and oxygen atoms in total. The van der Waals surface area contributed by atoms with Gasteiger partial charge in [0.2, 0.25) is 0 Å². The van der Waals surface area contributed by atoms with Gasteiger partial charge in [-0.05, 0) is 26.7 Å². The zero-order chi connectivity index (χ0) is 10.1. The van der Waals surface area contributed by atoms with E-state index in [1.807, 2.05) is 0 Å². The number of fused-ring (bicyclic) bond motifs is 1. The van der Waals surface area contributed by atoms with Crippen molar-refractivity contribution in [2.24, 2.45) is 0 Å². The van der Waals surface area contributed by atoms with Gasteiger partial charge in [0.25, 0.3) is 0 Å². The van der Waals surface area contributed by atoms with Crippen molar-refractivity contribution < 1.29 is 68.0 Å². The number of rotatable bonds is 0. The quantitative estimate of drug-likeness (QED) is 0.597. The maximum Gasteiger partial charge on any atom is 1.00 e. The summed E-state index contributed by atoms with van der Waals surface area (Å²) in [5, 5.41) is 9.53. The summed E-state index contributed by atoms with van der Waals surface area (Å²) in [4.78, 5) is 0. The van der Waals surface area contributed by atoms with Gasteiger partial charge in [0.05, 0.1) is 11.2 Å². The molecule has 0 spiro atoms. The Morgan fingerprint density at radius 3 is 1.44 bits per heavy atom. The van der Waals surface area contributed by atoms with Gasteiger partial charge in [-0.15, -0.1) is 6.10 Å². The van der Waals surface area contributed by atoms with Gasteiger partial charge in [-0.3, -0.25) is 0 Å². The molecule has 1 saturated carbocycles. The number of hydrogen-bond donors (Lipinski definition) is 0. The molecule has 0 N–H and O–H groups in total. The molecule has 1 aliphatic heterocycles. The number of ether oxygens (including phenoxy) is 1. The minimum Gasteiger partial charge on any atom is -0.852 e. The first kappa shape index (κ1) is 22.9. The van der Waals surface area contributed by atoms with Crippen LogP contribution in [-0.2, 0) is 4.74 Å². The van der Waals surface area contributed by atoms with Crippen molar-refractivity contribution in [2.75, 3.05) is 0 Å². The summed E-state index contributed by atoms with van der Waals surface area (Å²) in [5.74, 6) is 0. The van der Waals surface area contributed by atoms with Crippen LogP contribution in [0.2, 0.25) is 0 Å². The van der Waals surface area contributed by atoms with Crippen LogP contribution in [-0.4, -0.2) is 17.3 Å². The van der Waals surface area contributed by atoms with E-state index in [4.69, 9.17) is 4.74 Å². The van der Waals surface area contributed by atoms with Crippen molar-refractivity contribution in [3.63, 3.8) is 0 Å². The SMILES string of the molecule is C.C.CC(C)[O-].CC12CCCCC1(C)O2.[Rb+]. The van der Waals surface area contributed by atoms with Crippen molar-refractivity contribution in [1.29, 1.82) is 0 Å². The summed E-state index contributed by atoms with van der Waals surface area (Å²) in [5.41, 5.74) is 0.566. The van der Waals surface area contributed by atoms with Gasteiger partial charge in [-0.1, -0.05) is 41.5 Å². The van der Waals surface area contributed by atoms with Crippen LogP contribution in [0.5, 0.6) is 0 Å². The second-order valence-corrected chi connectivity index (χ2v) is 4.82. The van der Waals surface area contributed by atoms with E-state index in [1.165, 1.54) is 25.7 Å². The molecule has 1 heterocycles. The van der Waals surface area contributed by atoms with Crippen LogP contribution in [0.15, 0.2) is 0 Å². The Labute approximate surface area is 151 Å². The minimum absolute atomic E-state index is 0. The molecule has 2 aliphatic rings. The molecule has 16 heavy (non-hydrogen) atoms. The van der Waals surface area contributed by atoms with Crippen LogP contribution < -0.4 is 63.3 Å². The summed E-state index contributed by atoms with van der Waals surface area (Å²) in [6.07, 6.45) is 4.88. The van der Waals surface area contributed by atoms with E-state index in [9.17, 15) is 5.11 Å². The van der Waals surface area contributed by atoms with Crippen LogP contribution in [0.3, 0.4) is 0 Å². The maximum atomic E-state index is 9.53. The third kappa shape index (κ3) is 6.06. The topological polar surface area (TPSA) is 35.6 Å². The molecule has 1 saturated heterocycles. The fraction of sp³-hybridized carbons (Fsp3) is 1.00. The zero-order valence-electron chi connectivity index (χ0n) is 10.2. The van der Waals surface area contributed by atoms with Crippen molar-refractivity contribution in [1.82, 2.24) is 0 Å². The molecule has 0 aromatic rings. The third-order valence-corrected chi connectivity index (χ3v) is 3.09. The largest absolute Gasteiger partial charge is 1.00 e. The van der Waals surface area contributed by atoms with Crippen LogP contribution in [0.1, 0.15) is 68.2 Å². The standard InChI is InChI=1S/C8H14O.C3H7O.2CH4.Rb/c1-7-5-3-4-6-8(7,2)9-7;1-3(2)4;;;/h3-6H2,1-2H3;3H,1-2H3;2*1H4;/q;-1;;;+1. The monoisotopic (exact) mass is 302 g/mol. The molecular weight excluding hydrogens is 274 g/mol. The average Bonchev–Trinajstić information content (AvgIpc) is 2.51. The zero-order valence-corrected chi connectivity index (χ0v) is 15.1. The Balaban J connectivity index is -0.000000218. The first-order valence-corrected chi connectivity index (χ1v) is 5.26. The van der Waals surface area contributed by atoms with Crippen molar-refractivity contribution in [2.45, 2.75) is 85.5 Å². The Bertz CT molecular complexity index is 158. The number of epoxide rings is 1.